The maximum Gasteiger partial charge on any atom is 0.387 e. The summed E-state index contributed by atoms with van der Waals surface area (Å²) in [5.74, 6) is -0.833. The van der Waals surface area contributed by atoms with Crippen molar-refractivity contribution in [1.82, 2.24) is 0 Å². The molecule has 0 aliphatic heterocycles. The zero-order valence-corrected chi connectivity index (χ0v) is 11.6. The smallest absolute Gasteiger partial charge is 0.387 e. The molecule has 0 N–H and O–H groups in total. The summed E-state index contributed by atoms with van der Waals surface area (Å²) in [5.41, 5.74) is 1.59. The maximum atomic E-state index is 12.3. The van der Waals surface area contributed by atoms with Crippen LogP contribution in [0.25, 0.3) is 0 Å². The van der Waals surface area contributed by atoms with Crippen molar-refractivity contribution in [3.05, 3.63) is 28.8 Å². The van der Waals surface area contributed by atoms with E-state index in [0.717, 1.165) is 11.1 Å². The Labute approximate surface area is 112 Å². The number of benzene rings is 1. The van der Waals surface area contributed by atoms with Crippen LogP contribution in [-0.4, -0.2) is 19.2 Å². The minimum atomic E-state index is -2.98. The molecule has 3 nitrogen and oxygen atoms in total. The van der Waals surface area contributed by atoms with E-state index in [1.807, 2.05) is 0 Å². The van der Waals surface area contributed by atoms with Crippen LogP contribution in [0.5, 0.6) is 5.75 Å². The first kappa shape index (κ1) is 14.9. The molecule has 1 aromatic carbocycles. The summed E-state index contributed by atoms with van der Waals surface area (Å²) in [5, 5.41) is 0.488. The number of rotatable bonds is 5. The Morgan fingerprint density at radius 1 is 1.44 bits per heavy atom. The molecule has 0 saturated heterocycles. The minimum Gasteiger partial charge on any atom is -0.462 e. The summed E-state index contributed by atoms with van der Waals surface area (Å²) in [4.78, 5) is 11.6. The summed E-state index contributed by atoms with van der Waals surface area (Å²) in [6.45, 7) is 0.618. The van der Waals surface area contributed by atoms with Crippen molar-refractivity contribution in [2.75, 3.05) is 6.61 Å². The van der Waals surface area contributed by atoms with Gasteiger partial charge in [0.25, 0.3) is 0 Å². The van der Waals surface area contributed by atoms with Gasteiger partial charge >= 0.3 is 12.6 Å². The molecule has 0 saturated carbocycles. The largest absolute Gasteiger partial charge is 0.462 e. The van der Waals surface area contributed by atoms with Crippen LogP contribution in [0.3, 0.4) is 0 Å². The van der Waals surface area contributed by atoms with Gasteiger partial charge in [0, 0.05) is 5.33 Å². The van der Waals surface area contributed by atoms with Gasteiger partial charge in [-0.1, -0.05) is 15.9 Å². The summed E-state index contributed by atoms with van der Waals surface area (Å²) >= 11 is 3.24. The Kier molecular flexibility index (Phi) is 5.53. The number of alkyl halides is 3. The van der Waals surface area contributed by atoms with E-state index in [1.165, 1.54) is 12.1 Å². The third-order valence-electron chi connectivity index (χ3n) is 2.29. The molecule has 0 atom stereocenters. The van der Waals surface area contributed by atoms with Gasteiger partial charge in [0.15, 0.2) is 0 Å². The molecular formula is C12H13BrF2O3. The quantitative estimate of drug-likeness (QED) is 0.613. The van der Waals surface area contributed by atoms with Gasteiger partial charge in [0.2, 0.25) is 0 Å². The zero-order chi connectivity index (χ0) is 13.7. The van der Waals surface area contributed by atoms with E-state index >= 15 is 0 Å². The Bertz CT molecular complexity index is 436. The number of esters is 1. The van der Waals surface area contributed by atoms with Crippen molar-refractivity contribution >= 4 is 21.9 Å². The molecule has 0 aliphatic rings. The predicted molar refractivity (Wildman–Crippen MR) is 66.4 cm³/mol. The normalized spacial score (nSPS) is 10.6. The molecule has 0 unspecified atom stereocenters. The molecule has 0 heterocycles. The third kappa shape index (κ3) is 3.66. The molecule has 0 fully saturated rings. The van der Waals surface area contributed by atoms with Crippen LogP contribution in [0.1, 0.15) is 28.4 Å². The van der Waals surface area contributed by atoms with Crippen LogP contribution in [0.4, 0.5) is 8.78 Å². The number of ether oxygens (including phenoxy) is 2. The monoisotopic (exact) mass is 322 g/mol. The highest BCUT2D eigenvalue weighted by atomic mass is 79.9. The van der Waals surface area contributed by atoms with Gasteiger partial charge in [-0.15, -0.1) is 0 Å². The second kappa shape index (κ2) is 6.68. The molecule has 6 heteroatoms. The Balaban J connectivity index is 3.20. The average molecular weight is 323 g/mol. The number of hydrogen-bond donors (Lipinski definition) is 0. The summed E-state index contributed by atoms with van der Waals surface area (Å²) < 4.78 is 33.8. The Hall–Kier alpha value is -1.17. The third-order valence-corrected chi connectivity index (χ3v) is 2.90. The van der Waals surface area contributed by atoms with Crippen molar-refractivity contribution in [3.8, 4) is 5.75 Å². The van der Waals surface area contributed by atoms with Gasteiger partial charge in [-0.25, -0.2) is 4.79 Å². The topological polar surface area (TPSA) is 35.5 Å². The molecule has 0 aliphatic carbocycles. The first-order valence-electron chi connectivity index (χ1n) is 5.31. The molecule has 1 aromatic rings. The van der Waals surface area contributed by atoms with Gasteiger partial charge in [-0.2, -0.15) is 8.78 Å². The lowest BCUT2D eigenvalue weighted by molar-refractivity contribution is -0.0504. The number of carbonyl (C=O) groups is 1. The van der Waals surface area contributed by atoms with Crippen molar-refractivity contribution < 1.29 is 23.0 Å². The van der Waals surface area contributed by atoms with Crippen LogP contribution in [0.15, 0.2) is 12.1 Å². The van der Waals surface area contributed by atoms with E-state index in [-0.39, 0.29) is 17.9 Å². The minimum absolute atomic E-state index is 0.0133. The van der Waals surface area contributed by atoms with Crippen molar-refractivity contribution in [2.45, 2.75) is 25.8 Å². The number of aryl methyl sites for hydroxylation is 1. The molecular weight excluding hydrogens is 310 g/mol. The number of hydrogen-bond acceptors (Lipinski definition) is 3. The molecule has 0 spiro atoms. The number of carbonyl (C=O) groups excluding carboxylic acids is 1. The first-order valence-corrected chi connectivity index (χ1v) is 6.43. The van der Waals surface area contributed by atoms with Crippen LogP contribution < -0.4 is 4.74 Å². The van der Waals surface area contributed by atoms with Crippen molar-refractivity contribution in [1.29, 1.82) is 0 Å². The SMILES string of the molecule is CCOC(=O)c1cc(C)c(CBr)cc1OC(F)F. The Morgan fingerprint density at radius 2 is 2.11 bits per heavy atom. The fourth-order valence-corrected chi connectivity index (χ4v) is 2.04. The maximum absolute atomic E-state index is 12.3. The van der Waals surface area contributed by atoms with Gasteiger partial charge in [0.1, 0.15) is 11.3 Å². The molecule has 1 rings (SSSR count). The Morgan fingerprint density at radius 3 is 2.61 bits per heavy atom. The lowest BCUT2D eigenvalue weighted by Crippen LogP contribution is -2.11. The van der Waals surface area contributed by atoms with E-state index in [9.17, 15) is 13.6 Å². The van der Waals surface area contributed by atoms with Gasteiger partial charge in [-0.3, -0.25) is 0 Å². The average Bonchev–Trinajstić information content (AvgIpc) is 2.30. The highest BCUT2D eigenvalue weighted by Gasteiger charge is 2.18. The van der Waals surface area contributed by atoms with E-state index in [4.69, 9.17) is 4.74 Å². The van der Waals surface area contributed by atoms with Crippen molar-refractivity contribution in [2.24, 2.45) is 0 Å². The van der Waals surface area contributed by atoms with Gasteiger partial charge < -0.3 is 9.47 Å². The fourth-order valence-electron chi connectivity index (χ4n) is 1.44. The first-order chi connectivity index (χ1) is 8.49. The van der Waals surface area contributed by atoms with Gasteiger partial charge in [0.05, 0.1) is 6.61 Å². The van der Waals surface area contributed by atoms with Crippen LogP contribution in [0, 0.1) is 6.92 Å². The molecule has 0 bridgehead atoms. The molecule has 100 valence electrons. The van der Waals surface area contributed by atoms with E-state index in [1.54, 1.807) is 13.8 Å². The summed E-state index contributed by atoms with van der Waals surface area (Å²) in [6, 6.07) is 2.91. The second-order valence-corrected chi connectivity index (χ2v) is 4.07. The predicted octanol–water partition coefficient (Wildman–Crippen LogP) is 3.67. The summed E-state index contributed by atoms with van der Waals surface area (Å²) in [7, 11) is 0. The fraction of sp³-hybridized carbons (Fsp3) is 0.417. The van der Waals surface area contributed by atoms with Crippen LogP contribution in [-0.2, 0) is 10.1 Å². The second-order valence-electron chi connectivity index (χ2n) is 3.51. The molecule has 0 amide bonds. The zero-order valence-electron chi connectivity index (χ0n) is 10.0. The van der Waals surface area contributed by atoms with Crippen molar-refractivity contribution in [3.63, 3.8) is 0 Å². The van der Waals surface area contributed by atoms with Crippen LogP contribution >= 0.6 is 15.9 Å². The summed E-state index contributed by atoms with van der Waals surface area (Å²) in [6.07, 6.45) is 0. The molecule has 18 heavy (non-hydrogen) atoms. The van der Waals surface area contributed by atoms with E-state index in [2.05, 4.69) is 20.7 Å². The van der Waals surface area contributed by atoms with E-state index < -0.39 is 12.6 Å². The standard InChI is InChI=1S/C12H13BrF2O3/c1-3-17-11(16)9-4-7(2)8(6-13)5-10(9)18-12(14)15/h4-5,12H,3,6H2,1-2H3. The highest BCUT2D eigenvalue weighted by Crippen LogP contribution is 2.27. The lowest BCUT2D eigenvalue weighted by Gasteiger charge is -2.13. The number of halogens is 3. The van der Waals surface area contributed by atoms with Gasteiger partial charge in [-0.05, 0) is 37.1 Å². The molecule has 0 aromatic heterocycles. The highest BCUT2D eigenvalue weighted by molar-refractivity contribution is 9.08. The van der Waals surface area contributed by atoms with E-state index in [0.29, 0.717) is 5.33 Å². The lowest BCUT2D eigenvalue weighted by atomic mass is 10.1. The molecule has 0 radical (unpaired) electrons. The van der Waals surface area contributed by atoms with Crippen LogP contribution in [0.2, 0.25) is 0 Å².